The molecule has 0 fully saturated rings. The Bertz CT molecular complexity index is 899. The number of halogens is 1. The van der Waals surface area contributed by atoms with E-state index < -0.39 is 11.8 Å². The van der Waals surface area contributed by atoms with Crippen LogP contribution in [0.5, 0.6) is 11.5 Å². The van der Waals surface area contributed by atoms with E-state index in [1.54, 1.807) is 6.07 Å². The topological polar surface area (TPSA) is 55.8 Å². The fraction of sp³-hybridized carbons (Fsp3) is 0.0500. The summed E-state index contributed by atoms with van der Waals surface area (Å²) in [5, 5.41) is 9.33. The summed E-state index contributed by atoms with van der Waals surface area (Å²) in [4.78, 5) is 11.4. The molecule has 0 bridgehead atoms. The average Bonchev–Trinajstić information content (AvgIpc) is 3.02. The third kappa shape index (κ3) is 2.57. The molecule has 1 aliphatic rings. The van der Waals surface area contributed by atoms with Crippen LogP contribution in [-0.4, -0.2) is 11.1 Å². The van der Waals surface area contributed by atoms with Crippen LogP contribution in [0.25, 0.3) is 0 Å². The number of carbonyl (C=O) groups is 1. The number of carboxylic acids is 1. The molecule has 3 aromatic carbocycles. The molecule has 0 aliphatic carbocycles. The first kappa shape index (κ1) is 15.7. The van der Waals surface area contributed by atoms with E-state index in [1.165, 1.54) is 6.07 Å². The van der Waals surface area contributed by atoms with Gasteiger partial charge in [-0.05, 0) is 28.1 Å². The van der Waals surface area contributed by atoms with Crippen molar-refractivity contribution < 1.29 is 19.4 Å². The summed E-state index contributed by atoms with van der Waals surface area (Å²) in [6, 6.07) is 22.3. The van der Waals surface area contributed by atoms with Crippen LogP contribution in [-0.2, 0) is 5.79 Å². The van der Waals surface area contributed by atoms with Crippen molar-refractivity contribution in [3.63, 3.8) is 0 Å². The number of aromatic carboxylic acids is 1. The summed E-state index contributed by atoms with van der Waals surface area (Å²) >= 11 is 3.28. The Labute approximate surface area is 152 Å². The molecule has 5 heteroatoms. The first-order valence-electron chi connectivity index (χ1n) is 7.66. The zero-order valence-electron chi connectivity index (χ0n) is 13.0. The molecule has 1 aliphatic heterocycles. The monoisotopic (exact) mass is 396 g/mol. The van der Waals surface area contributed by atoms with E-state index in [2.05, 4.69) is 15.9 Å². The molecule has 4 nitrogen and oxygen atoms in total. The van der Waals surface area contributed by atoms with Crippen molar-refractivity contribution in [2.75, 3.05) is 0 Å². The summed E-state index contributed by atoms with van der Waals surface area (Å²) in [6.07, 6.45) is 0. The second-order valence-corrected chi connectivity index (χ2v) is 6.49. The van der Waals surface area contributed by atoms with Crippen molar-refractivity contribution in [2.24, 2.45) is 0 Å². The molecule has 0 unspecified atom stereocenters. The molecule has 124 valence electrons. The third-order valence-corrected chi connectivity index (χ3v) is 4.73. The van der Waals surface area contributed by atoms with Gasteiger partial charge in [-0.25, -0.2) is 4.79 Å². The van der Waals surface area contributed by atoms with E-state index >= 15 is 0 Å². The Kier molecular flexibility index (Phi) is 3.73. The molecule has 0 saturated carbocycles. The SMILES string of the molecule is O=C(O)c1cc2c(cc1Br)OC(c1ccccc1)(c1ccccc1)O2. The molecule has 0 saturated heterocycles. The normalized spacial score (nSPS) is 14.3. The van der Waals surface area contributed by atoms with Crippen molar-refractivity contribution in [1.82, 2.24) is 0 Å². The summed E-state index contributed by atoms with van der Waals surface area (Å²) in [5.41, 5.74) is 1.77. The van der Waals surface area contributed by atoms with Gasteiger partial charge in [0.05, 0.1) is 5.56 Å². The van der Waals surface area contributed by atoms with Gasteiger partial charge in [0.15, 0.2) is 11.5 Å². The maximum absolute atomic E-state index is 11.4. The number of rotatable bonds is 3. The minimum absolute atomic E-state index is 0.124. The summed E-state index contributed by atoms with van der Waals surface area (Å²) in [6.45, 7) is 0. The maximum atomic E-state index is 11.4. The molecule has 1 heterocycles. The number of fused-ring (bicyclic) bond motifs is 1. The van der Waals surface area contributed by atoms with Gasteiger partial charge in [-0.2, -0.15) is 0 Å². The number of carboxylic acid groups (broad SMARTS) is 1. The summed E-state index contributed by atoms with van der Waals surface area (Å²) < 4.78 is 12.9. The molecule has 0 radical (unpaired) electrons. The first-order chi connectivity index (χ1) is 12.1. The standard InChI is InChI=1S/C20H13BrO4/c21-16-12-18-17(11-15(16)19(22)23)24-20(25-18,13-7-3-1-4-8-13)14-9-5-2-6-10-14/h1-12H,(H,22,23). The first-order valence-corrected chi connectivity index (χ1v) is 8.45. The highest BCUT2D eigenvalue weighted by Crippen LogP contribution is 2.49. The molecule has 1 N–H and O–H groups in total. The highest BCUT2D eigenvalue weighted by Gasteiger charge is 2.45. The van der Waals surface area contributed by atoms with E-state index in [9.17, 15) is 9.90 Å². The number of hydrogen-bond donors (Lipinski definition) is 1. The van der Waals surface area contributed by atoms with Gasteiger partial charge >= 0.3 is 11.8 Å². The Morgan fingerprint density at radius 2 is 1.32 bits per heavy atom. The molecule has 0 aromatic heterocycles. The zero-order valence-corrected chi connectivity index (χ0v) is 14.6. The van der Waals surface area contributed by atoms with Gasteiger partial charge in [-0.15, -0.1) is 0 Å². The molecule has 0 amide bonds. The molecule has 0 spiro atoms. The summed E-state index contributed by atoms with van der Waals surface area (Å²) in [7, 11) is 0. The van der Waals surface area contributed by atoms with Crippen LogP contribution in [0, 0.1) is 0 Å². The highest BCUT2D eigenvalue weighted by atomic mass is 79.9. The molecular weight excluding hydrogens is 384 g/mol. The zero-order chi connectivity index (χ0) is 17.4. The predicted molar refractivity (Wildman–Crippen MR) is 96.0 cm³/mol. The van der Waals surface area contributed by atoms with Crippen LogP contribution in [0.4, 0.5) is 0 Å². The minimum Gasteiger partial charge on any atom is -0.478 e. The molecule has 3 aromatic rings. The fourth-order valence-corrected chi connectivity index (χ4v) is 3.40. The Hall–Kier alpha value is -2.79. The van der Waals surface area contributed by atoms with Gasteiger partial charge in [0, 0.05) is 15.6 Å². The van der Waals surface area contributed by atoms with Gasteiger partial charge in [0.2, 0.25) is 0 Å². The van der Waals surface area contributed by atoms with Crippen LogP contribution < -0.4 is 9.47 Å². The molecular formula is C20H13BrO4. The van der Waals surface area contributed by atoms with Gasteiger partial charge in [0.1, 0.15) is 0 Å². The maximum Gasteiger partial charge on any atom is 0.336 e. The second-order valence-electron chi connectivity index (χ2n) is 5.64. The highest BCUT2D eigenvalue weighted by molar-refractivity contribution is 9.10. The number of ether oxygens (including phenoxy) is 2. The largest absolute Gasteiger partial charge is 0.478 e. The van der Waals surface area contributed by atoms with Gasteiger partial charge in [-0.3, -0.25) is 0 Å². The molecule has 0 atom stereocenters. The van der Waals surface area contributed by atoms with E-state index in [-0.39, 0.29) is 5.56 Å². The lowest BCUT2D eigenvalue weighted by molar-refractivity contribution is -0.0459. The van der Waals surface area contributed by atoms with Crippen molar-refractivity contribution in [1.29, 1.82) is 0 Å². The van der Waals surface area contributed by atoms with Crippen LogP contribution in [0.2, 0.25) is 0 Å². The van der Waals surface area contributed by atoms with Crippen LogP contribution >= 0.6 is 15.9 Å². The van der Waals surface area contributed by atoms with E-state index in [0.29, 0.717) is 16.0 Å². The quantitative estimate of drug-likeness (QED) is 0.689. The third-order valence-electron chi connectivity index (χ3n) is 4.08. The Morgan fingerprint density at radius 1 is 0.840 bits per heavy atom. The van der Waals surface area contributed by atoms with E-state index in [1.807, 2.05) is 60.7 Å². The summed E-state index contributed by atoms with van der Waals surface area (Å²) in [5.74, 6) is -1.30. The van der Waals surface area contributed by atoms with Gasteiger partial charge < -0.3 is 14.6 Å². The van der Waals surface area contributed by atoms with Gasteiger partial charge in [-0.1, -0.05) is 60.7 Å². The van der Waals surface area contributed by atoms with Crippen LogP contribution in [0.1, 0.15) is 21.5 Å². The van der Waals surface area contributed by atoms with E-state index in [4.69, 9.17) is 9.47 Å². The minimum atomic E-state index is -1.15. The smallest absolute Gasteiger partial charge is 0.336 e. The molecule has 25 heavy (non-hydrogen) atoms. The fourth-order valence-electron chi connectivity index (χ4n) is 2.91. The van der Waals surface area contributed by atoms with Crippen molar-refractivity contribution >= 4 is 21.9 Å². The second kappa shape index (κ2) is 5.93. The lowest BCUT2D eigenvalue weighted by atomic mass is 9.97. The lowest BCUT2D eigenvalue weighted by Crippen LogP contribution is -2.36. The predicted octanol–water partition coefficient (Wildman–Crippen LogP) is 4.82. The van der Waals surface area contributed by atoms with Crippen LogP contribution in [0.15, 0.2) is 77.3 Å². The molecule has 4 rings (SSSR count). The van der Waals surface area contributed by atoms with Crippen molar-refractivity contribution in [2.45, 2.75) is 5.79 Å². The van der Waals surface area contributed by atoms with Crippen LogP contribution in [0.3, 0.4) is 0 Å². The average molecular weight is 397 g/mol. The Balaban J connectivity index is 1.89. The van der Waals surface area contributed by atoms with E-state index in [0.717, 1.165) is 11.1 Å². The number of hydrogen-bond acceptors (Lipinski definition) is 3. The van der Waals surface area contributed by atoms with Gasteiger partial charge in [0.25, 0.3) is 0 Å². The van der Waals surface area contributed by atoms with Crippen molar-refractivity contribution in [3.8, 4) is 11.5 Å². The number of benzene rings is 3. The lowest BCUT2D eigenvalue weighted by Gasteiger charge is -2.28. The Morgan fingerprint density at radius 3 is 1.80 bits per heavy atom. The van der Waals surface area contributed by atoms with Crippen molar-refractivity contribution in [3.05, 3.63) is 94.0 Å².